The highest BCUT2D eigenvalue weighted by Gasteiger charge is 2.57. The van der Waals surface area contributed by atoms with Gasteiger partial charge in [0, 0.05) is 13.1 Å². The fourth-order valence-electron chi connectivity index (χ4n) is 3.14. The summed E-state index contributed by atoms with van der Waals surface area (Å²) in [5, 5.41) is 9.28. The Morgan fingerprint density at radius 3 is 2.44 bits per heavy atom. The van der Waals surface area contributed by atoms with Crippen molar-refractivity contribution in [1.29, 1.82) is 0 Å². The van der Waals surface area contributed by atoms with Crippen molar-refractivity contribution in [2.75, 3.05) is 13.1 Å². The van der Waals surface area contributed by atoms with Crippen molar-refractivity contribution < 1.29 is 27.9 Å². The number of halogens is 3. The maximum Gasteiger partial charge on any atom is 0.471 e. The summed E-state index contributed by atoms with van der Waals surface area (Å²) in [5.41, 5.74) is -1.17. The van der Waals surface area contributed by atoms with Gasteiger partial charge in [-0.15, -0.1) is 0 Å². The maximum absolute atomic E-state index is 12.4. The fourth-order valence-corrected chi connectivity index (χ4v) is 3.14. The van der Waals surface area contributed by atoms with Crippen LogP contribution in [0.5, 0.6) is 0 Å². The summed E-state index contributed by atoms with van der Waals surface area (Å²) in [4.78, 5) is 23.2. The Hall–Kier alpha value is -1.27. The van der Waals surface area contributed by atoms with E-state index in [1.165, 1.54) is 0 Å². The van der Waals surface area contributed by atoms with Gasteiger partial charge < -0.3 is 10.0 Å². The van der Waals surface area contributed by atoms with Crippen LogP contribution in [-0.4, -0.2) is 41.1 Å². The molecule has 1 aliphatic heterocycles. The zero-order valence-electron chi connectivity index (χ0n) is 9.66. The van der Waals surface area contributed by atoms with Crippen molar-refractivity contribution in [3.8, 4) is 0 Å². The molecule has 1 amide bonds. The summed E-state index contributed by atoms with van der Waals surface area (Å²) >= 11 is 0. The molecule has 1 heterocycles. The number of carbonyl (C=O) groups is 2. The van der Waals surface area contributed by atoms with E-state index in [1.807, 2.05) is 0 Å². The molecule has 2 aliphatic rings. The molecular formula is C11H14F3NO3. The number of alkyl halides is 3. The van der Waals surface area contributed by atoms with Crippen LogP contribution in [0.2, 0.25) is 0 Å². The number of fused-ring (bicyclic) bond motifs is 1. The quantitative estimate of drug-likeness (QED) is 0.784. The lowest BCUT2D eigenvalue weighted by molar-refractivity contribution is -0.185. The monoisotopic (exact) mass is 265 g/mol. The van der Waals surface area contributed by atoms with Gasteiger partial charge in [-0.3, -0.25) is 9.59 Å². The SMILES string of the molecule is O=C(N1C[C@H]2CCCC[C@@]2(C(=O)O)C1)C(F)(F)F. The number of carbonyl (C=O) groups excluding carboxylic acids is 1. The van der Waals surface area contributed by atoms with Gasteiger partial charge in [0.05, 0.1) is 5.41 Å². The molecule has 1 saturated carbocycles. The normalized spacial score (nSPS) is 32.2. The minimum absolute atomic E-state index is 0.0926. The van der Waals surface area contributed by atoms with Crippen LogP contribution in [0.15, 0.2) is 0 Å². The summed E-state index contributed by atoms with van der Waals surface area (Å²) in [6.45, 7) is -0.407. The summed E-state index contributed by atoms with van der Waals surface area (Å²) in [5.74, 6) is -3.35. The standard InChI is InChI=1S/C11H14F3NO3/c12-11(13,14)8(16)15-5-7-3-1-2-4-10(7,6-15)9(17)18/h7H,1-6H2,(H,17,18)/t7-,10-/m1/s1. The predicted molar refractivity (Wildman–Crippen MR) is 54.7 cm³/mol. The van der Waals surface area contributed by atoms with Crippen LogP contribution in [0.25, 0.3) is 0 Å². The van der Waals surface area contributed by atoms with Gasteiger partial charge in [-0.05, 0) is 18.8 Å². The van der Waals surface area contributed by atoms with Gasteiger partial charge in [-0.25, -0.2) is 0 Å². The number of nitrogens with zero attached hydrogens (tertiary/aromatic N) is 1. The van der Waals surface area contributed by atoms with Gasteiger partial charge in [0.2, 0.25) is 0 Å². The molecule has 1 aliphatic carbocycles. The number of hydrogen-bond acceptors (Lipinski definition) is 2. The Labute approximate surface area is 102 Å². The zero-order chi connectivity index (χ0) is 13.6. The molecule has 0 unspecified atom stereocenters. The third kappa shape index (κ3) is 1.95. The second-order valence-electron chi connectivity index (χ2n) is 5.09. The molecule has 18 heavy (non-hydrogen) atoms. The van der Waals surface area contributed by atoms with Gasteiger partial charge >= 0.3 is 18.1 Å². The Bertz CT molecular complexity index is 382. The van der Waals surface area contributed by atoms with Crippen LogP contribution >= 0.6 is 0 Å². The van der Waals surface area contributed by atoms with Crippen LogP contribution in [0.3, 0.4) is 0 Å². The third-order valence-corrected chi connectivity index (χ3v) is 4.08. The Morgan fingerprint density at radius 1 is 1.28 bits per heavy atom. The molecule has 0 aromatic heterocycles. The number of carboxylic acid groups (broad SMARTS) is 1. The van der Waals surface area contributed by atoms with Gasteiger partial charge in [-0.1, -0.05) is 12.8 Å². The molecule has 2 atom stereocenters. The molecule has 0 bridgehead atoms. The van der Waals surface area contributed by atoms with E-state index in [-0.39, 0.29) is 19.0 Å². The molecule has 7 heteroatoms. The predicted octanol–water partition coefficient (Wildman–Crippen LogP) is 1.65. The van der Waals surface area contributed by atoms with E-state index < -0.39 is 23.5 Å². The summed E-state index contributed by atoms with van der Waals surface area (Å²) in [7, 11) is 0. The van der Waals surface area contributed by atoms with Gasteiger partial charge in [0.1, 0.15) is 0 Å². The Balaban J connectivity index is 2.22. The van der Waals surface area contributed by atoms with Gasteiger partial charge in [-0.2, -0.15) is 13.2 Å². The van der Waals surface area contributed by atoms with E-state index >= 15 is 0 Å². The molecule has 1 saturated heterocycles. The zero-order valence-corrected chi connectivity index (χ0v) is 9.66. The van der Waals surface area contributed by atoms with Crippen LogP contribution in [-0.2, 0) is 9.59 Å². The van der Waals surface area contributed by atoms with E-state index in [1.54, 1.807) is 0 Å². The largest absolute Gasteiger partial charge is 0.481 e. The van der Waals surface area contributed by atoms with Gasteiger partial charge in [0.25, 0.3) is 0 Å². The molecule has 0 spiro atoms. The minimum Gasteiger partial charge on any atom is -0.481 e. The van der Waals surface area contributed by atoms with E-state index in [9.17, 15) is 27.9 Å². The van der Waals surface area contributed by atoms with Crippen molar-refractivity contribution in [3.63, 3.8) is 0 Å². The summed E-state index contributed by atoms with van der Waals surface area (Å²) in [6.07, 6.45) is -2.49. The van der Waals surface area contributed by atoms with E-state index in [2.05, 4.69) is 0 Å². The number of rotatable bonds is 1. The molecule has 1 N–H and O–H groups in total. The topological polar surface area (TPSA) is 57.6 Å². The van der Waals surface area contributed by atoms with Crippen LogP contribution in [0.4, 0.5) is 13.2 Å². The van der Waals surface area contributed by atoms with Crippen molar-refractivity contribution in [2.45, 2.75) is 31.9 Å². The van der Waals surface area contributed by atoms with Crippen molar-refractivity contribution in [1.82, 2.24) is 4.90 Å². The first-order valence-corrected chi connectivity index (χ1v) is 5.87. The number of hydrogen-bond donors (Lipinski definition) is 1. The van der Waals surface area contributed by atoms with Crippen LogP contribution in [0, 0.1) is 11.3 Å². The average molecular weight is 265 g/mol. The summed E-state index contributed by atoms with van der Waals surface area (Å²) in [6, 6.07) is 0. The van der Waals surface area contributed by atoms with Crippen molar-refractivity contribution >= 4 is 11.9 Å². The molecule has 102 valence electrons. The van der Waals surface area contributed by atoms with E-state index in [0.29, 0.717) is 24.2 Å². The van der Waals surface area contributed by atoms with Crippen molar-refractivity contribution in [3.05, 3.63) is 0 Å². The highest BCUT2D eigenvalue weighted by molar-refractivity contribution is 5.84. The number of carboxylic acids is 1. The molecule has 2 rings (SSSR count). The first kappa shape index (κ1) is 13.2. The molecular weight excluding hydrogens is 251 g/mol. The lowest BCUT2D eigenvalue weighted by Gasteiger charge is -2.34. The molecule has 4 nitrogen and oxygen atoms in total. The van der Waals surface area contributed by atoms with Crippen LogP contribution < -0.4 is 0 Å². The molecule has 0 aromatic carbocycles. The molecule has 2 fully saturated rings. The Morgan fingerprint density at radius 2 is 1.94 bits per heavy atom. The number of likely N-dealkylation sites (tertiary alicyclic amines) is 1. The highest BCUT2D eigenvalue weighted by Crippen LogP contribution is 2.47. The van der Waals surface area contributed by atoms with Gasteiger partial charge in [0.15, 0.2) is 0 Å². The Kier molecular flexibility index (Phi) is 3.03. The smallest absolute Gasteiger partial charge is 0.471 e. The van der Waals surface area contributed by atoms with E-state index in [4.69, 9.17) is 0 Å². The minimum atomic E-state index is -4.92. The summed E-state index contributed by atoms with van der Waals surface area (Å²) < 4.78 is 37.1. The number of aliphatic carboxylic acids is 1. The lowest BCUT2D eigenvalue weighted by atomic mass is 9.68. The molecule has 0 aromatic rings. The molecule has 0 radical (unpaired) electrons. The average Bonchev–Trinajstić information content (AvgIpc) is 2.67. The lowest BCUT2D eigenvalue weighted by Crippen LogP contribution is -2.43. The van der Waals surface area contributed by atoms with Crippen molar-refractivity contribution in [2.24, 2.45) is 11.3 Å². The second kappa shape index (κ2) is 4.13. The maximum atomic E-state index is 12.4. The second-order valence-corrected chi connectivity index (χ2v) is 5.09. The first-order valence-electron chi connectivity index (χ1n) is 5.87. The third-order valence-electron chi connectivity index (χ3n) is 4.08. The highest BCUT2D eigenvalue weighted by atomic mass is 19.4. The fraction of sp³-hybridized carbons (Fsp3) is 0.818. The van der Waals surface area contributed by atoms with E-state index in [0.717, 1.165) is 6.42 Å². The number of amides is 1. The van der Waals surface area contributed by atoms with Crippen LogP contribution in [0.1, 0.15) is 25.7 Å². The first-order chi connectivity index (χ1) is 8.27.